The molecule has 0 aromatic rings. The van der Waals surface area contributed by atoms with Gasteiger partial charge in [-0.2, -0.15) is 0 Å². The molecule has 5 N–H and O–H groups in total. The van der Waals surface area contributed by atoms with Crippen LogP contribution < -0.4 is 0 Å². The molecule has 8 unspecified atom stereocenters. The second kappa shape index (κ2) is 6.63. The van der Waals surface area contributed by atoms with Gasteiger partial charge in [0.05, 0.1) is 31.0 Å². The van der Waals surface area contributed by atoms with Crippen LogP contribution in [-0.4, -0.2) is 81.3 Å². The fraction of sp³-hybridized carbons (Fsp3) is 1.00. The van der Waals surface area contributed by atoms with Crippen molar-refractivity contribution in [2.45, 2.75) is 69.0 Å². The Bertz CT molecular complexity index is 302. The van der Waals surface area contributed by atoms with Gasteiger partial charge in [0.1, 0.15) is 12.2 Å². The molecule has 0 spiro atoms. The van der Waals surface area contributed by atoms with Crippen molar-refractivity contribution < 1.29 is 39.7 Å². The topological polar surface area (TPSA) is 129 Å². The molecule has 8 nitrogen and oxygen atoms in total. The van der Waals surface area contributed by atoms with Crippen molar-refractivity contribution in [3.05, 3.63) is 0 Å². The van der Waals surface area contributed by atoms with E-state index in [4.69, 9.17) is 14.2 Å². The summed E-state index contributed by atoms with van der Waals surface area (Å²) in [5.74, 6) is 0. The van der Waals surface area contributed by atoms with Crippen LogP contribution in [0.15, 0.2) is 0 Å². The highest BCUT2D eigenvalue weighted by Gasteiger charge is 2.39. The normalized spacial score (nSPS) is 50.1. The number of hydrogen-bond acceptors (Lipinski definition) is 8. The minimum atomic E-state index is -1.48. The average molecular weight is 294 g/mol. The molecule has 0 aromatic heterocycles. The second-order valence-corrected chi connectivity index (χ2v) is 5.38. The molecule has 0 aromatic carbocycles. The third-order valence-corrected chi connectivity index (χ3v) is 3.58. The first-order chi connectivity index (χ1) is 9.38. The van der Waals surface area contributed by atoms with Crippen molar-refractivity contribution in [1.29, 1.82) is 0 Å². The summed E-state index contributed by atoms with van der Waals surface area (Å²) in [6.07, 6.45) is -7.45. The van der Waals surface area contributed by atoms with Gasteiger partial charge in [-0.15, -0.1) is 0 Å². The van der Waals surface area contributed by atoms with Gasteiger partial charge in [0.15, 0.2) is 12.6 Å². The van der Waals surface area contributed by atoms with Crippen LogP contribution in [0.5, 0.6) is 0 Å². The average Bonchev–Trinajstić information content (AvgIpc) is 2.38. The second-order valence-electron chi connectivity index (χ2n) is 5.38. The Kier molecular flexibility index (Phi) is 5.32. The quantitative estimate of drug-likeness (QED) is 0.393. The molecule has 0 radical (unpaired) electrons. The molecular formula is C12H22O8. The predicted octanol–water partition coefficient (Wildman–Crippen LogP) is -2.31. The van der Waals surface area contributed by atoms with E-state index in [1.807, 2.05) is 0 Å². The highest BCUT2D eigenvalue weighted by Crippen LogP contribution is 2.23. The van der Waals surface area contributed by atoms with Crippen LogP contribution in [0.25, 0.3) is 0 Å². The molecule has 2 saturated heterocycles. The number of aliphatic hydroxyl groups excluding tert-OH is 5. The Hall–Kier alpha value is -0.320. The SMILES string of the molecule is CC1CC(O)C(O)C(OCC2CC(O)C(O)C(O)O2)O1. The molecule has 2 heterocycles. The van der Waals surface area contributed by atoms with Crippen molar-refractivity contribution in [3.8, 4) is 0 Å². The summed E-state index contributed by atoms with van der Waals surface area (Å²) >= 11 is 0. The number of hydrogen-bond donors (Lipinski definition) is 5. The molecule has 20 heavy (non-hydrogen) atoms. The lowest BCUT2D eigenvalue weighted by Crippen LogP contribution is -2.52. The zero-order chi connectivity index (χ0) is 14.9. The molecule has 118 valence electrons. The van der Waals surface area contributed by atoms with Gasteiger partial charge in [0, 0.05) is 12.8 Å². The number of rotatable bonds is 3. The van der Waals surface area contributed by atoms with E-state index in [2.05, 4.69) is 0 Å². The monoisotopic (exact) mass is 294 g/mol. The highest BCUT2D eigenvalue weighted by molar-refractivity contribution is 4.82. The number of aliphatic hydroxyl groups is 5. The van der Waals surface area contributed by atoms with Crippen LogP contribution in [0.2, 0.25) is 0 Å². The zero-order valence-corrected chi connectivity index (χ0v) is 11.2. The van der Waals surface area contributed by atoms with Gasteiger partial charge in [-0.25, -0.2) is 0 Å². The lowest BCUT2D eigenvalue weighted by atomic mass is 10.0. The molecule has 8 heteroatoms. The van der Waals surface area contributed by atoms with Crippen LogP contribution in [0.1, 0.15) is 19.8 Å². The van der Waals surface area contributed by atoms with Crippen molar-refractivity contribution in [2.24, 2.45) is 0 Å². The summed E-state index contributed by atoms with van der Waals surface area (Å²) in [7, 11) is 0. The van der Waals surface area contributed by atoms with Gasteiger partial charge >= 0.3 is 0 Å². The fourth-order valence-corrected chi connectivity index (χ4v) is 2.41. The van der Waals surface area contributed by atoms with E-state index in [0.29, 0.717) is 6.42 Å². The van der Waals surface area contributed by atoms with Gasteiger partial charge in [-0.3, -0.25) is 0 Å². The third-order valence-electron chi connectivity index (χ3n) is 3.58. The van der Waals surface area contributed by atoms with Crippen LogP contribution in [0.4, 0.5) is 0 Å². The maximum absolute atomic E-state index is 9.75. The van der Waals surface area contributed by atoms with Crippen LogP contribution in [0.3, 0.4) is 0 Å². The lowest BCUT2D eigenvalue weighted by molar-refractivity contribution is -0.292. The van der Waals surface area contributed by atoms with Crippen molar-refractivity contribution in [2.75, 3.05) is 6.61 Å². The molecule has 0 aliphatic carbocycles. The summed E-state index contributed by atoms with van der Waals surface area (Å²) in [6.45, 7) is 1.72. The summed E-state index contributed by atoms with van der Waals surface area (Å²) < 4.78 is 15.8. The van der Waals surface area contributed by atoms with Crippen LogP contribution in [0, 0.1) is 0 Å². The van der Waals surface area contributed by atoms with Crippen LogP contribution >= 0.6 is 0 Å². The minimum Gasteiger partial charge on any atom is -0.390 e. The molecule has 0 saturated carbocycles. The van der Waals surface area contributed by atoms with E-state index in [9.17, 15) is 25.5 Å². The van der Waals surface area contributed by atoms with E-state index in [1.54, 1.807) is 6.92 Å². The summed E-state index contributed by atoms with van der Waals surface area (Å²) in [5.41, 5.74) is 0. The highest BCUT2D eigenvalue weighted by atomic mass is 16.7. The fourth-order valence-electron chi connectivity index (χ4n) is 2.41. The first-order valence-electron chi connectivity index (χ1n) is 6.71. The summed E-state index contributed by atoms with van der Waals surface area (Å²) in [5, 5.41) is 47.6. The van der Waals surface area contributed by atoms with Crippen molar-refractivity contribution >= 4 is 0 Å². The summed E-state index contributed by atoms with van der Waals surface area (Å²) in [6, 6.07) is 0. The van der Waals surface area contributed by atoms with Gasteiger partial charge in [0.25, 0.3) is 0 Å². The molecule has 2 aliphatic rings. The van der Waals surface area contributed by atoms with Gasteiger partial charge in [0.2, 0.25) is 0 Å². The molecule has 2 rings (SSSR count). The Balaban J connectivity index is 1.82. The molecule has 0 bridgehead atoms. The molecule has 8 atom stereocenters. The Morgan fingerprint density at radius 3 is 2.25 bits per heavy atom. The van der Waals surface area contributed by atoms with Gasteiger partial charge in [-0.1, -0.05) is 0 Å². The Labute approximate surface area is 116 Å². The van der Waals surface area contributed by atoms with E-state index in [-0.39, 0.29) is 19.1 Å². The van der Waals surface area contributed by atoms with Crippen molar-refractivity contribution in [1.82, 2.24) is 0 Å². The van der Waals surface area contributed by atoms with Crippen LogP contribution in [-0.2, 0) is 14.2 Å². The minimum absolute atomic E-state index is 0.0397. The maximum Gasteiger partial charge on any atom is 0.186 e. The van der Waals surface area contributed by atoms with E-state index >= 15 is 0 Å². The first-order valence-corrected chi connectivity index (χ1v) is 6.71. The maximum atomic E-state index is 9.75. The van der Waals surface area contributed by atoms with E-state index in [1.165, 1.54) is 0 Å². The predicted molar refractivity (Wildman–Crippen MR) is 64.4 cm³/mol. The number of ether oxygens (including phenoxy) is 3. The largest absolute Gasteiger partial charge is 0.390 e. The van der Waals surface area contributed by atoms with Crippen molar-refractivity contribution in [3.63, 3.8) is 0 Å². The first kappa shape index (κ1) is 16.1. The Morgan fingerprint density at radius 2 is 1.60 bits per heavy atom. The van der Waals surface area contributed by atoms with E-state index < -0.39 is 43.1 Å². The third kappa shape index (κ3) is 3.66. The van der Waals surface area contributed by atoms with E-state index in [0.717, 1.165) is 0 Å². The molecular weight excluding hydrogens is 272 g/mol. The Morgan fingerprint density at radius 1 is 0.950 bits per heavy atom. The smallest absolute Gasteiger partial charge is 0.186 e. The van der Waals surface area contributed by atoms with Gasteiger partial charge < -0.3 is 39.7 Å². The van der Waals surface area contributed by atoms with Gasteiger partial charge in [-0.05, 0) is 6.92 Å². The summed E-state index contributed by atoms with van der Waals surface area (Å²) in [4.78, 5) is 0. The molecule has 2 aliphatic heterocycles. The molecule has 0 amide bonds. The lowest BCUT2D eigenvalue weighted by Gasteiger charge is -2.38. The zero-order valence-electron chi connectivity index (χ0n) is 11.2. The molecule has 2 fully saturated rings. The standard InChI is InChI=1S/C12H22O8/c1-5-2-7(13)10(16)12(19-5)18-4-6-3-8(14)9(15)11(17)20-6/h5-17H,2-4H2,1H3.